The molecule has 1 fully saturated rings. The lowest BCUT2D eigenvalue weighted by molar-refractivity contribution is -0.120. The van der Waals surface area contributed by atoms with Crippen LogP contribution in [0.5, 0.6) is 0 Å². The van der Waals surface area contributed by atoms with Gasteiger partial charge in [0, 0.05) is 18.0 Å². The van der Waals surface area contributed by atoms with Crippen molar-refractivity contribution in [2.45, 2.75) is 32.9 Å². The Labute approximate surface area is 158 Å². The summed E-state index contributed by atoms with van der Waals surface area (Å²) < 4.78 is 0. The van der Waals surface area contributed by atoms with Crippen molar-refractivity contribution in [2.24, 2.45) is 0 Å². The van der Waals surface area contributed by atoms with Crippen LogP contribution in [-0.4, -0.2) is 36.3 Å². The molecular formula is C20H25N3O2S. The molecule has 6 heteroatoms. The van der Waals surface area contributed by atoms with Gasteiger partial charge >= 0.3 is 0 Å². The van der Waals surface area contributed by atoms with E-state index in [0.29, 0.717) is 11.4 Å². The normalized spacial score (nSPS) is 14.3. The van der Waals surface area contributed by atoms with Crippen LogP contribution in [0.25, 0.3) is 0 Å². The molecular weight excluding hydrogens is 346 g/mol. The van der Waals surface area contributed by atoms with Crippen LogP contribution < -0.4 is 10.6 Å². The van der Waals surface area contributed by atoms with Crippen molar-refractivity contribution < 1.29 is 9.59 Å². The van der Waals surface area contributed by atoms with Gasteiger partial charge in [-0.25, -0.2) is 0 Å². The average molecular weight is 372 g/mol. The zero-order valence-electron chi connectivity index (χ0n) is 15.1. The monoisotopic (exact) mass is 371 g/mol. The van der Waals surface area contributed by atoms with E-state index in [9.17, 15) is 9.59 Å². The van der Waals surface area contributed by atoms with E-state index in [1.54, 1.807) is 6.07 Å². The van der Waals surface area contributed by atoms with E-state index in [1.807, 2.05) is 25.1 Å². The highest BCUT2D eigenvalue weighted by Gasteiger charge is 2.14. The molecule has 0 bridgehead atoms. The van der Waals surface area contributed by atoms with Gasteiger partial charge in [0.1, 0.15) is 0 Å². The number of amides is 2. The van der Waals surface area contributed by atoms with Crippen molar-refractivity contribution in [2.75, 3.05) is 19.6 Å². The van der Waals surface area contributed by atoms with Crippen molar-refractivity contribution in [3.8, 4) is 0 Å². The molecule has 138 valence electrons. The molecule has 0 spiro atoms. The first-order valence-corrected chi connectivity index (χ1v) is 9.84. The number of rotatable bonds is 7. The number of nitrogens with zero attached hydrogens (tertiary/aromatic N) is 1. The average Bonchev–Trinajstić information content (AvgIpc) is 3.30. The Morgan fingerprint density at radius 3 is 2.46 bits per heavy atom. The third-order valence-corrected chi connectivity index (χ3v) is 5.56. The van der Waals surface area contributed by atoms with Crippen LogP contribution in [0, 0.1) is 6.92 Å². The molecule has 0 saturated carbocycles. The summed E-state index contributed by atoms with van der Waals surface area (Å²) in [7, 11) is 0. The van der Waals surface area contributed by atoms with E-state index < -0.39 is 0 Å². The van der Waals surface area contributed by atoms with Gasteiger partial charge in [0.15, 0.2) is 0 Å². The maximum atomic E-state index is 12.1. The molecule has 26 heavy (non-hydrogen) atoms. The fourth-order valence-electron chi connectivity index (χ4n) is 3.13. The summed E-state index contributed by atoms with van der Waals surface area (Å²) in [6, 6.07) is 11.9. The second-order valence-electron chi connectivity index (χ2n) is 6.62. The first-order valence-electron chi connectivity index (χ1n) is 9.02. The number of benzene rings is 1. The van der Waals surface area contributed by atoms with E-state index in [-0.39, 0.29) is 18.4 Å². The molecule has 2 amide bonds. The van der Waals surface area contributed by atoms with E-state index in [4.69, 9.17) is 0 Å². The van der Waals surface area contributed by atoms with Crippen molar-refractivity contribution in [1.82, 2.24) is 15.5 Å². The number of hydrogen-bond donors (Lipinski definition) is 2. The lowest BCUT2D eigenvalue weighted by Crippen LogP contribution is -2.36. The molecule has 0 radical (unpaired) electrons. The number of hydrogen-bond acceptors (Lipinski definition) is 4. The molecule has 1 aromatic heterocycles. The van der Waals surface area contributed by atoms with Gasteiger partial charge in [0.25, 0.3) is 5.91 Å². The smallest absolute Gasteiger partial charge is 0.261 e. The summed E-state index contributed by atoms with van der Waals surface area (Å²) in [6.07, 6.45) is 2.53. The Morgan fingerprint density at radius 1 is 1.04 bits per heavy atom. The second-order valence-corrected chi connectivity index (χ2v) is 7.91. The molecule has 5 nitrogen and oxygen atoms in total. The molecule has 1 aliphatic rings. The number of likely N-dealkylation sites (tertiary alicyclic amines) is 1. The quantitative estimate of drug-likeness (QED) is 0.787. The summed E-state index contributed by atoms with van der Waals surface area (Å²) in [6.45, 7) is 5.65. The third-order valence-electron chi connectivity index (χ3n) is 4.56. The highest BCUT2D eigenvalue weighted by molar-refractivity contribution is 7.13. The molecule has 2 N–H and O–H groups in total. The van der Waals surface area contributed by atoms with Crippen LogP contribution in [-0.2, 0) is 17.9 Å². The van der Waals surface area contributed by atoms with E-state index in [2.05, 4.69) is 27.7 Å². The number of thiophene rings is 1. The molecule has 3 rings (SSSR count). The molecule has 1 aromatic carbocycles. The Hall–Kier alpha value is -2.18. The summed E-state index contributed by atoms with van der Waals surface area (Å²) in [4.78, 5) is 28.2. The topological polar surface area (TPSA) is 61.4 Å². The third kappa shape index (κ3) is 5.16. The Morgan fingerprint density at radius 2 is 1.77 bits per heavy atom. The van der Waals surface area contributed by atoms with E-state index in [1.165, 1.54) is 29.7 Å². The Balaban J connectivity index is 1.47. The SMILES string of the molecule is Cc1ccc(C(=O)NCC(=O)NCc2ccccc2CN2CCCC2)s1. The maximum Gasteiger partial charge on any atom is 0.261 e. The van der Waals surface area contributed by atoms with Crippen LogP contribution >= 0.6 is 11.3 Å². The minimum atomic E-state index is -0.201. The minimum absolute atomic E-state index is 0.00985. The van der Waals surface area contributed by atoms with Crippen LogP contribution in [0.1, 0.15) is 38.5 Å². The summed E-state index contributed by atoms with van der Waals surface area (Å²) in [5.41, 5.74) is 2.39. The molecule has 1 saturated heterocycles. The van der Waals surface area contributed by atoms with Crippen molar-refractivity contribution >= 4 is 23.2 Å². The van der Waals surface area contributed by atoms with Gasteiger partial charge in [-0.15, -0.1) is 11.3 Å². The first-order chi connectivity index (χ1) is 12.6. The van der Waals surface area contributed by atoms with Crippen LogP contribution in [0.3, 0.4) is 0 Å². The number of aryl methyl sites for hydroxylation is 1. The first kappa shape index (κ1) is 18.6. The minimum Gasteiger partial charge on any atom is -0.350 e. The van der Waals surface area contributed by atoms with E-state index in [0.717, 1.165) is 30.1 Å². The fourth-order valence-corrected chi connectivity index (χ4v) is 3.91. The summed E-state index contributed by atoms with van der Waals surface area (Å²) >= 11 is 1.43. The molecule has 2 heterocycles. The van der Waals surface area contributed by atoms with Gasteiger partial charge in [0.2, 0.25) is 5.91 Å². The predicted molar refractivity (Wildman–Crippen MR) is 104 cm³/mol. The number of carbonyl (C=O) groups excluding carboxylic acids is 2. The second kappa shape index (κ2) is 8.96. The fraction of sp³-hybridized carbons (Fsp3) is 0.400. The maximum absolute atomic E-state index is 12.1. The Bertz CT molecular complexity index is 766. The molecule has 0 atom stereocenters. The van der Waals surface area contributed by atoms with E-state index >= 15 is 0 Å². The summed E-state index contributed by atoms with van der Waals surface area (Å²) in [5, 5.41) is 5.58. The number of nitrogens with one attached hydrogen (secondary N) is 2. The molecule has 0 aliphatic carbocycles. The zero-order chi connectivity index (χ0) is 18.4. The van der Waals surface area contributed by atoms with Crippen LogP contribution in [0.15, 0.2) is 36.4 Å². The highest BCUT2D eigenvalue weighted by atomic mass is 32.1. The zero-order valence-corrected chi connectivity index (χ0v) is 15.9. The van der Waals surface area contributed by atoms with Crippen LogP contribution in [0.2, 0.25) is 0 Å². The van der Waals surface area contributed by atoms with Gasteiger partial charge in [0.05, 0.1) is 11.4 Å². The summed E-state index contributed by atoms with van der Waals surface area (Å²) in [5.74, 6) is -0.379. The Kier molecular flexibility index (Phi) is 6.41. The standard InChI is InChI=1S/C20H25N3O2S/c1-15-8-9-18(26-15)20(25)22-13-19(24)21-12-16-6-2-3-7-17(16)14-23-10-4-5-11-23/h2-3,6-9H,4-5,10-14H2,1H3,(H,21,24)(H,22,25). The van der Waals surface area contributed by atoms with Gasteiger partial charge in [-0.05, 0) is 56.1 Å². The van der Waals surface area contributed by atoms with Crippen LogP contribution in [0.4, 0.5) is 0 Å². The van der Waals surface area contributed by atoms with Gasteiger partial charge in [-0.1, -0.05) is 24.3 Å². The van der Waals surface area contributed by atoms with Gasteiger partial charge in [-0.3, -0.25) is 14.5 Å². The number of carbonyl (C=O) groups is 2. The van der Waals surface area contributed by atoms with Gasteiger partial charge in [-0.2, -0.15) is 0 Å². The lowest BCUT2D eigenvalue weighted by Gasteiger charge is -2.17. The molecule has 2 aromatic rings. The largest absolute Gasteiger partial charge is 0.350 e. The van der Waals surface area contributed by atoms with Gasteiger partial charge < -0.3 is 10.6 Å². The molecule has 1 aliphatic heterocycles. The van der Waals surface area contributed by atoms with Crippen molar-refractivity contribution in [3.05, 3.63) is 57.3 Å². The molecule has 0 unspecified atom stereocenters. The highest BCUT2D eigenvalue weighted by Crippen LogP contribution is 2.16. The lowest BCUT2D eigenvalue weighted by atomic mass is 10.1. The van der Waals surface area contributed by atoms with Crippen molar-refractivity contribution in [1.29, 1.82) is 0 Å². The predicted octanol–water partition coefficient (Wildman–Crippen LogP) is 2.70. The van der Waals surface area contributed by atoms with Crippen molar-refractivity contribution in [3.63, 3.8) is 0 Å².